The van der Waals surface area contributed by atoms with Gasteiger partial charge in [0.15, 0.2) is 0 Å². The Balaban J connectivity index is 2.58. The van der Waals surface area contributed by atoms with E-state index in [-0.39, 0.29) is 6.04 Å². The fourth-order valence-electron chi connectivity index (χ4n) is 1.10. The summed E-state index contributed by atoms with van der Waals surface area (Å²) in [4.78, 5) is 3.90. The third-order valence-electron chi connectivity index (χ3n) is 1.67. The van der Waals surface area contributed by atoms with E-state index in [1.165, 1.54) is 0 Å². The van der Waals surface area contributed by atoms with Crippen molar-refractivity contribution in [3.05, 3.63) is 18.5 Å². The largest absolute Gasteiger partial charge is 0.396 e. The van der Waals surface area contributed by atoms with Crippen molar-refractivity contribution < 1.29 is 4.74 Å². The van der Waals surface area contributed by atoms with E-state index in [1.807, 2.05) is 13.0 Å². The summed E-state index contributed by atoms with van der Waals surface area (Å²) in [5.41, 5.74) is 7.26. The number of nitrogens with zero attached hydrogens (tertiary/aromatic N) is 1. The number of nitrogen functional groups attached to an aromatic ring is 1. The Morgan fingerprint density at radius 1 is 1.69 bits per heavy atom. The number of anilines is 2. The van der Waals surface area contributed by atoms with Crippen LogP contribution in [-0.2, 0) is 4.74 Å². The maximum Gasteiger partial charge on any atom is 0.0736 e. The van der Waals surface area contributed by atoms with Gasteiger partial charge in [-0.25, -0.2) is 0 Å². The van der Waals surface area contributed by atoms with Crippen molar-refractivity contribution in [2.24, 2.45) is 0 Å². The van der Waals surface area contributed by atoms with Crippen molar-refractivity contribution in [2.75, 3.05) is 24.8 Å². The highest BCUT2D eigenvalue weighted by molar-refractivity contribution is 5.64. The molecule has 4 heteroatoms. The predicted molar refractivity (Wildman–Crippen MR) is 53.6 cm³/mol. The summed E-state index contributed by atoms with van der Waals surface area (Å²) >= 11 is 0. The maximum absolute atomic E-state index is 5.70. The molecule has 0 fully saturated rings. The van der Waals surface area contributed by atoms with Gasteiger partial charge in [-0.05, 0) is 13.0 Å². The fourth-order valence-corrected chi connectivity index (χ4v) is 1.10. The van der Waals surface area contributed by atoms with E-state index in [2.05, 4.69) is 10.3 Å². The molecule has 0 spiro atoms. The average molecular weight is 181 g/mol. The number of rotatable bonds is 4. The molecule has 0 radical (unpaired) electrons. The molecule has 1 unspecified atom stereocenters. The minimum Gasteiger partial charge on any atom is -0.396 e. The SMILES string of the molecule is COCC(C)Nc1ccncc1N. The molecule has 1 aromatic heterocycles. The van der Waals surface area contributed by atoms with Crippen molar-refractivity contribution in [1.82, 2.24) is 4.98 Å². The van der Waals surface area contributed by atoms with Crippen molar-refractivity contribution in [3.63, 3.8) is 0 Å². The first-order valence-corrected chi connectivity index (χ1v) is 4.19. The number of nitrogens with one attached hydrogen (secondary N) is 1. The molecule has 1 rings (SSSR count). The molecule has 1 aromatic rings. The summed E-state index contributed by atoms with van der Waals surface area (Å²) in [5.74, 6) is 0. The van der Waals surface area contributed by atoms with Crippen LogP contribution in [0.2, 0.25) is 0 Å². The van der Waals surface area contributed by atoms with Gasteiger partial charge in [0, 0.05) is 19.3 Å². The standard InChI is InChI=1S/C9H15N3O/c1-7(6-13-2)12-9-3-4-11-5-8(9)10/h3-5,7H,6,10H2,1-2H3,(H,11,12). The van der Waals surface area contributed by atoms with E-state index in [0.717, 1.165) is 5.69 Å². The fraction of sp³-hybridized carbons (Fsp3) is 0.444. The van der Waals surface area contributed by atoms with Crippen LogP contribution in [0, 0.1) is 0 Å². The lowest BCUT2D eigenvalue weighted by molar-refractivity contribution is 0.190. The minimum absolute atomic E-state index is 0.245. The third kappa shape index (κ3) is 2.91. The van der Waals surface area contributed by atoms with E-state index in [9.17, 15) is 0 Å². The Kier molecular flexibility index (Phi) is 3.52. The normalized spacial score (nSPS) is 12.5. The molecular weight excluding hydrogens is 166 g/mol. The van der Waals surface area contributed by atoms with Gasteiger partial charge in [0.05, 0.1) is 24.2 Å². The van der Waals surface area contributed by atoms with Crippen molar-refractivity contribution >= 4 is 11.4 Å². The average Bonchev–Trinajstić information content (AvgIpc) is 2.09. The third-order valence-corrected chi connectivity index (χ3v) is 1.67. The molecule has 0 aliphatic carbocycles. The molecule has 4 nitrogen and oxygen atoms in total. The molecule has 0 bridgehead atoms. The number of hydrogen-bond acceptors (Lipinski definition) is 4. The Morgan fingerprint density at radius 2 is 2.46 bits per heavy atom. The number of aromatic nitrogens is 1. The zero-order valence-electron chi connectivity index (χ0n) is 7.95. The van der Waals surface area contributed by atoms with E-state index in [4.69, 9.17) is 10.5 Å². The van der Waals surface area contributed by atoms with Gasteiger partial charge in [-0.1, -0.05) is 0 Å². The van der Waals surface area contributed by atoms with E-state index >= 15 is 0 Å². The topological polar surface area (TPSA) is 60.2 Å². The van der Waals surface area contributed by atoms with E-state index in [0.29, 0.717) is 12.3 Å². The Labute approximate surface area is 78.1 Å². The molecule has 0 amide bonds. The van der Waals surface area contributed by atoms with Crippen LogP contribution in [0.3, 0.4) is 0 Å². The molecule has 13 heavy (non-hydrogen) atoms. The van der Waals surface area contributed by atoms with Gasteiger partial charge in [0.2, 0.25) is 0 Å². The first-order valence-electron chi connectivity index (χ1n) is 4.19. The summed E-state index contributed by atoms with van der Waals surface area (Å²) in [6.07, 6.45) is 3.33. The Morgan fingerprint density at radius 3 is 3.08 bits per heavy atom. The Bertz CT molecular complexity index is 265. The van der Waals surface area contributed by atoms with Crippen LogP contribution >= 0.6 is 0 Å². The van der Waals surface area contributed by atoms with Gasteiger partial charge in [0.25, 0.3) is 0 Å². The van der Waals surface area contributed by atoms with Crippen molar-refractivity contribution in [2.45, 2.75) is 13.0 Å². The van der Waals surface area contributed by atoms with Crippen LogP contribution in [0.25, 0.3) is 0 Å². The lowest BCUT2D eigenvalue weighted by Crippen LogP contribution is -2.21. The second kappa shape index (κ2) is 4.67. The summed E-state index contributed by atoms with van der Waals surface area (Å²) in [6, 6.07) is 2.09. The molecular formula is C9H15N3O. The monoisotopic (exact) mass is 181 g/mol. The molecule has 1 heterocycles. The number of hydrogen-bond donors (Lipinski definition) is 2. The summed E-state index contributed by atoms with van der Waals surface area (Å²) < 4.78 is 5.00. The number of ether oxygens (including phenoxy) is 1. The van der Waals surface area contributed by atoms with Gasteiger partial charge in [0.1, 0.15) is 0 Å². The van der Waals surface area contributed by atoms with E-state index in [1.54, 1.807) is 19.5 Å². The number of nitrogens with two attached hydrogens (primary N) is 1. The molecule has 0 aliphatic rings. The number of methoxy groups -OCH3 is 1. The molecule has 1 atom stereocenters. The van der Waals surface area contributed by atoms with Gasteiger partial charge in [-0.3, -0.25) is 4.98 Å². The van der Waals surface area contributed by atoms with Crippen molar-refractivity contribution in [3.8, 4) is 0 Å². The zero-order valence-corrected chi connectivity index (χ0v) is 7.95. The summed E-state index contributed by atoms with van der Waals surface area (Å²) in [5, 5.41) is 3.22. The molecule has 0 aromatic carbocycles. The highest BCUT2D eigenvalue weighted by Gasteiger charge is 2.02. The Hall–Kier alpha value is -1.29. The molecule has 0 saturated heterocycles. The summed E-state index contributed by atoms with van der Waals surface area (Å²) in [6.45, 7) is 2.69. The molecule has 0 aliphatic heterocycles. The van der Waals surface area contributed by atoms with Crippen LogP contribution in [0.15, 0.2) is 18.5 Å². The maximum atomic E-state index is 5.70. The van der Waals surface area contributed by atoms with Crippen LogP contribution in [0.4, 0.5) is 11.4 Å². The quantitative estimate of drug-likeness (QED) is 0.730. The predicted octanol–water partition coefficient (Wildman–Crippen LogP) is 1.11. The van der Waals surface area contributed by atoms with E-state index < -0.39 is 0 Å². The second-order valence-corrected chi connectivity index (χ2v) is 2.96. The van der Waals surface area contributed by atoms with Gasteiger partial charge in [-0.2, -0.15) is 0 Å². The number of pyridine rings is 1. The van der Waals surface area contributed by atoms with Gasteiger partial charge < -0.3 is 15.8 Å². The molecule has 72 valence electrons. The highest BCUT2D eigenvalue weighted by Crippen LogP contribution is 2.15. The van der Waals surface area contributed by atoms with Crippen LogP contribution < -0.4 is 11.1 Å². The minimum atomic E-state index is 0.245. The smallest absolute Gasteiger partial charge is 0.0736 e. The lowest BCUT2D eigenvalue weighted by atomic mass is 10.3. The van der Waals surface area contributed by atoms with Crippen molar-refractivity contribution in [1.29, 1.82) is 0 Å². The van der Waals surface area contributed by atoms with Gasteiger partial charge in [-0.15, -0.1) is 0 Å². The van der Waals surface area contributed by atoms with Crippen LogP contribution in [-0.4, -0.2) is 24.7 Å². The first kappa shape index (κ1) is 9.80. The molecule has 3 N–H and O–H groups in total. The second-order valence-electron chi connectivity index (χ2n) is 2.96. The van der Waals surface area contributed by atoms with Crippen LogP contribution in [0.5, 0.6) is 0 Å². The summed E-state index contributed by atoms with van der Waals surface area (Å²) in [7, 11) is 1.67. The molecule has 0 saturated carbocycles. The zero-order chi connectivity index (χ0) is 9.68. The van der Waals surface area contributed by atoms with Gasteiger partial charge >= 0.3 is 0 Å². The highest BCUT2D eigenvalue weighted by atomic mass is 16.5. The first-order chi connectivity index (χ1) is 6.24. The van der Waals surface area contributed by atoms with Crippen LogP contribution in [0.1, 0.15) is 6.92 Å². The lowest BCUT2D eigenvalue weighted by Gasteiger charge is -2.15.